The Labute approximate surface area is 122 Å². The van der Waals surface area contributed by atoms with Crippen LogP contribution in [0.4, 0.5) is 5.69 Å². The summed E-state index contributed by atoms with van der Waals surface area (Å²) in [5.74, 6) is -1.77. The molecule has 21 heavy (non-hydrogen) atoms. The lowest BCUT2D eigenvalue weighted by molar-refractivity contribution is -0.142. The minimum Gasteiger partial charge on any atom is -0.481 e. The van der Waals surface area contributed by atoms with E-state index in [0.717, 1.165) is 0 Å². The smallest absolute Gasteiger partial charge is 0.308 e. The van der Waals surface area contributed by atoms with E-state index in [9.17, 15) is 14.4 Å². The Morgan fingerprint density at radius 3 is 2.29 bits per heavy atom. The zero-order valence-corrected chi connectivity index (χ0v) is 12.0. The molecule has 0 aromatic heterocycles. The maximum Gasteiger partial charge on any atom is 0.308 e. The van der Waals surface area contributed by atoms with Gasteiger partial charge < -0.3 is 15.3 Å². The highest BCUT2D eigenvalue weighted by Gasteiger charge is 2.37. The van der Waals surface area contributed by atoms with Crippen LogP contribution in [-0.4, -0.2) is 40.9 Å². The first-order valence-corrected chi connectivity index (χ1v) is 6.78. The predicted molar refractivity (Wildman–Crippen MR) is 76.9 cm³/mol. The van der Waals surface area contributed by atoms with Gasteiger partial charge in [-0.25, -0.2) is 0 Å². The number of nitrogens with zero attached hydrogens (tertiary/aromatic N) is 1. The second kappa shape index (κ2) is 5.95. The summed E-state index contributed by atoms with van der Waals surface area (Å²) in [6.07, 6.45) is 0. The second-order valence-electron chi connectivity index (χ2n) is 5.39. The molecule has 1 aromatic rings. The third-order valence-electron chi connectivity index (χ3n) is 3.67. The van der Waals surface area contributed by atoms with E-state index in [-0.39, 0.29) is 24.3 Å². The molecule has 0 bridgehead atoms. The lowest BCUT2D eigenvalue weighted by Crippen LogP contribution is -2.29. The predicted octanol–water partition coefficient (Wildman–Crippen LogP) is 1.44. The van der Waals surface area contributed by atoms with Gasteiger partial charge in [-0.3, -0.25) is 14.4 Å². The zero-order valence-electron chi connectivity index (χ0n) is 12.0. The summed E-state index contributed by atoms with van der Waals surface area (Å²) in [6.45, 7) is 3.94. The maximum atomic E-state index is 12.3. The summed E-state index contributed by atoms with van der Waals surface area (Å²) in [5.41, 5.74) is 1.11. The molecule has 2 unspecified atom stereocenters. The minimum absolute atomic E-state index is 0.0508. The van der Waals surface area contributed by atoms with Gasteiger partial charge in [0, 0.05) is 31.3 Å². The molecule has 1 heterocycles. The normalized spacial score (nSPS) is 21.1. The van der Waals surface area contributed by atoms with Crippen molar-refractivity contribution >= 4 is 23.5 Å². The van der Waals surface area contributed by atoms with Crippen LogP contribution in [0, 0.1) is 11.8 Å². The summed E-state index contributed by atoms with van der Waals surface area (Å²) in [6, 6.07) is 6.57. The van der Waals surface area contributed by atoms with Crippen LogP contribution < -0.4 is 5.32 Å². The van der Waals surface area contributed by atoms with E-state index < -0.39 is 11.9 Å². The molecule has 112 valence electrons. The monoisotopic (exact) mass is 290 g/mol. The molecule has 6 heteroatoms. The number of carbonyl (C=O) groups excluding carboxylic acids is 2. The Bertz CT molecular complexity index is 568. The van der Waals surface area contributed by atoms with Crippen molar-refractivity contribution in [1.29, 1.82) is 0 Å². The lowest BCUT2D eigenvalue weighted by atomic mass is 9.99. The molecule has 2 atom stereocenters. The molecule has 1 aromatic carbocycles. The lowest BCUT2D eigenvalue weighted by Gasteiger charge is -2.16. The fraction of sp³-hybridized carbons (Fsp3) is 0.400. The quantitative estimate of drug-likeness (QED) is 0.882. The van der Waals surface area contributed by atoms with Crippen molar-refractivity contribution in [2.75, 3.05) is 18.4 Å². The Hall–Kier alpha value is -2.37. The first kappa shape index (κ1) is 15.0. The number of carboxylic acid groups (broad SMARTS) is 1. The minimum atomic E-state index is -0.862. The highest BCUT2D eigenvalue weighted by Crippen LogP contribution is 2.25. The molecule has 0 radical (unpaired) electrons. The van der Waals surface area contributed by atoms with Gasteiger partial charge in [0.15, 0.2) is 0 Å². The number of amides is 2. The number of likely N-dealkylation sites (tertiary alicyclic amines) is 1. The van der Waals surface area contributed by atoms with E-state index in [1.807, 2.05) is 6.92 Å². The largest absolute Gasteiger partial charge is 0.481 e. The van der Waals surface area contributed by atoms with Gasteiger partial charge in [-0.15, -0.1) is 0 Å². The molecule has 2 N–H and O–H groups in total. The summed E-state index contributed by atoms with van der Waals surface area (Å²) in [5, 5.41) is 11.7. The number of carboxylic acids is 1. The van der Waals surface area contributed by atoms with Gasteiger partial charge >= 0.3 is 5.97 Å². The van der Waals surface area contributed by atoms with Crippen LogP contribution >= 0.6 is 0 Å². The zero-order chi connectivity index (χ0) is 15.6. The van der Waals surface area contributed by atoms with Crippen LogP contribution in [0.3, 0.4) is 0 Å². The Kier molecular flexibility index (Phi) is 4.26. The number of carbonyl (C=O) groups is 3. The number of rotatable bonds is 3. The molecule has 6 nitrogen and oxygen atoms in total. The van der Waals surface area contributed by atoms with E-state index in [1.54, 1.807) is 29.2 Å². The van der Waals surface area contributed by atoms with Gasteiger partial charge in [0.05, 0.1) is 5.92 Å². The van der Waals surface area contributed by atoms with Gasteiger partial charge in [0.1, 0.15) is 0 Å². The van der Waals surface area contributed by atoms with Crippen LogP contribution in [-0.2, 0) is 9.59 Å². The van der Waals surface area contributed by atoms with Crippen molar-refractivity contribution in [3.8, 4) is 0 Å². The van der Waals surface area contributed by atoms with Gasteiger partial charge in [0.2, 0.25) is 5.91 Å². The molecule has 0 saturated carbocycles. The average Bonchev–Trinajstić information content (AvgIpc) is 2.80. The summed E-state index contributed by atoms with van der Waals surface area (Å²) in [4.78, 5) is 35.9. The Morgan fingerprint density at radius 1 is 1.19 bits per heavy atom. The molecule has 2 amide bonds. The number of nitrogens with one attached hydrogen (secondary N) is 1. The van der Waals surface area contributed by atoms with Gasteiger partial charge in [-0.2, -0.15) is 0 Å². The van der Waals surface area contributed by atoms with Gasteiger partial charge in [-0.05, 0) is 30.2 Å². The number of anilines is 1. The highest BCUT2D eigenvalue weighted by atomic mass is 16.4. The van der Waals surface area contributed by atoms with Crippen LogP contribution in [0.15, 0.2) is 24.3 Å². The summed E-state index contributed by atoms with van der Waals surface area (Å²) in [7, 11) is 0. The highest BCUT2D eigenvalue weighted by molar-refractivity contribution is 5.96. The van der Waals surface area contributed by atoms with E-state index in [2.05, 4.69) is 5.32 Å². The Balaban J connectivity index is 2.07. The first-order valence-electron chi connectivity index (χ1n) is 6.78. The molecule has 0 spiro atoms. The SMILES string of the molecule is CC(=O)Nc1ccc(C(=O)N2CC(C)C(C(=O)O)C2)cc1. The molecule has 1 saturated heterocycles. The van der Waals surface area contributed by atoms with E-state index >= 15 is 0 Å². The van der Waals surface area contributed by atoms with Gasteiger partial charge in [0.25, 0.3) is 5.91 Å². The van der Waals surface area contributed by atoms with E-state index in [1.165, 1.54) is 6.92 Å². The molecule has 1 aliphatic heterocycles. The number of hydrogen-bond donors (Lipinski definition) is 2. The van der Waals surface area contributed by atoms with Crippen LogP contribution in [0.25, 0.3) is 0 Å². The molecular formula is C15H18N2O4. The summed E-state index contributed by atoms with van der Waals surface area (Å²) < 4.78 is 0. The fourth-order valence-corrected chi connectivity index (χ4v) is 2.54. The van der Waals surface area contributed by atoms with Crippen LogP contribution in [0.2, 0.25) is 0 Å². The molecule has 1 fully saturated rings. The van der Waals surface area contributed by atoms with Gasteiger partial charge in [-0.1, -0.05) is 6.92 Å². The van der Waals surface area contributed by atoms with Crippen LogP contribution in [0.1, 0.15) is 24.2 Å². The molecule has 2 rings (SSSR count). The summed E-state index contributed by atoms with van der Waals surface area (Å²) >= 11 is 0. The first-order chi connectivity index (χ1) is 9.88. The second-order valence-corrected chi connectivity index (χ2v) is 5.39. The third kappa shape index (κ3) is 3.39. The van der Waals surface area contributed by atoms with Crippen molar-refractivity contribution < 1.29 is 19.5 Å². The van der Waals surface area contributed by atoms with Crippen molar-refractivity contribution in [1.82, 2.24) is 4.90 Å². The van der Waals surface area contributed by atoms with Crippen LogP contribution in [0.5, 0.6) is 0 Å². The van der Waals surface area contributed by atoms with Crippen molar-refractivity contribution in [3.63, 3.8) is 0 Å². The number of hydrogen-bond acceptors (Lipinski definition) is 3. The average molecular weight is 290 g/mol. The topological polar surface area (TPSA) is 86.7 Å². The van der Waals surface area contributed by atoms with E-state index in [0.29, 0.717) is 17.8 Å². The maximum absolute atomic E-state index is 12.3. The molecule has 1 aliphatic rings. The van der Waals surface area contributed by atoms with Crippen molar-refractivity contribution in [2.24, 2.45) is 11.8 Å². The standard InChI is InChI=1S/C15H18N2O4/c1-9-7-17(8-13(9)15(20)21)14(19)11-3-5-12(6-4-11)16-10(2)18/h3-6,9,13H,7-8H2,1-2H3,(H,16,18)(H,20,21). The number of benzene rings is 1. The molecular weight excluding hydrogens is 272 g/mol. The Morgan fingerprint density at radius 2 is 1.81 bits per heavy atom. The molecule has 0 aliphatic carbocycles. The fourth-order valence-electron chi connectivity index (χ4n) is 2.54. The van der Waals surface area contributed by atoms with Crippen molar-refractivity contribution in [2.45, 2.75) is 13.8 Å². The number of aliphatic carboxylic acids is 1. The third-order valence-corrected chi connectivity index (χ3v) is 3.67. The van der Waals surface area contributed by atoms with E-state index in [4.69, 9.17) is 5.11 Å². The van der Waals surface area contributed by atoms with Crippen molar-refractivity contribution in [3.05, 3.63) is 29.8 Å².